The molecule has 0 spiro atoms. The van der Waals surface area contributed by atoms with Gasteiger partial charge in [-0.2, -0.15) is 26.3 Å². The highest BCUT2D eigenvalue weighted by Crippen LogP contribution is 2.48. The lowest BCUT2D eigenvalue weighted by molar-refractivity contribution is -0.288. The number of carbonyl (C=O) groups excluding carboxylic acids is 1. The summed E-state index contributed by atoms with van der Waals surface area (Å²) >= 11 is -0.0519. The molecule has 3 nitrogen and oxygen atoms in total. The lowest BCUT2D eigenvalue weighted by Gasteiger charge is -2.19. The Balaban J connectivity index is 2.63. The first-order chi connectivity index (χ1) is 11.6. The molecule has 0 amide bonds. The van der Waals surface area contributed by atoms with Crippen LogP contribution in [0.4, 0.5) is 22.0 Å². The van der Waals surface area contributed by atoms with Crippen molar-refractivity contribution in [1.29, 1.82) is 0 Å². The van der Waals surface area contributed by atoms with E-state index in [1.165, 1.54) is 19.1 Å². The molecule has 2 aromatic rings. The first-order valence-corrected chi connectivity index (χ1v) is 8.11. The van der Waals surface area contributed by atoms with Gasteiger partial charge in [-0.1, -0.05) is 31.2 Å². The van der Waals surface area contributed by atoms with Crippen LogP contribution in [-0.2, 0) is 17.1 Å². The van der Waals surface area contributed by atoms with Gasteiger partial charge in [0.2, 0.25) is 0 Å². The fourth-order valence-corrected chi connectivity index (χ4v) is 3.00. The average Bonchev–Trinajstić information content (AvgIpc) is 2.99. The summed E-state index contributed by atoms with van der Waals surface area (Å²) in [7, 11) is 0. The van der Waals surface area contributed by atoms with Crippen molar-refractivity contribution < 1.29 is 31.5 Å². The Labute approximate surface area is 144 Å². The Hall–Kier alpha value is -2.03. The predicted molar refractivity (Wildman–Crippen MR) is 82.8 cm³/mol. The molecule has 1 aromatic heterocycles. The Morgan fingerprint density at radius 1 is 1.12 bits per heavy atom. The van der Waals surface area contributed by atoms with Gasteiger partial charge in [-0.05, 0) is 30.4 Å². The first-order valence-electron chi connectivity index (χ1n) is 7.34. The zero-order chi connectivity index (χ0) is 18.8. The molecular formula is C16H14F5NO2S. The molecule has 0 saturated carbocycles. The van der Waals surface area contributed by atoms with Crippen LogP contribution in [0.1, 0.15) is 34.6 Å². The third-order valence-corrected chi connectivity index (χ3v) is 4.37. The number of halogens is 5. The Bertz CT molecular complexity index is 753. The molecule has 0 aliphatic heterocycles. The molecule has 1 aromatic carbocycles. The van der Waals surface area contributed by atoms with Crippen molar-refractivity contribution in [3.05, 3.63) is 40.3 Å². The number of esters is 1. The molecule has 2 rings (SSSR count). The summed E-state index contributed by atoms with van der Waals surface area (Å²) in [6.45, 7) is 3.17. The quantitative estimate of drug-likeness (QED) is 0.529. The largest absolute Gasteiger partial charge is 0.462 e. The van der Waals surface area contributed by atoms with Crippen LogP contribution in [0, 0.1) is 0 Å². The van der Waals surface area contributed by atoms with Crippen molar-refractivity contribution in [3.63, 3.8) is 0 Å². The molecule has 0 aliphatic rings. The topological polar surface area (TPSA) is 39.2 Å². The van der Waals surface area contributed by atoms with E-state index in [0.29, 0.717) is 0 Å². The van der Waals surface area contributed by atoms with Crippen LogP contribution in [-0.4, -0.2) is 23.1 Å². The molecule has 0 unspecified atom stereocenters. The Kier molecular flexibility index (Phi) is 5.46. The molecule has 0 saturated heterocycles. The van der Waals surface area contributed by atoms with E-state index >= 15 is 0 Å². The van der Waals surface area contributed by atoms with Crippen LogP contribution in [0.2, 0.25) is 0 Å². The van der Waals surface area contributed by atoms with Crippen molar-refractivity contribution in [2.24, 2.45) is 0 Å². The number of hydrogen-bond acceptors (Lipinski definition) is 4. The third kappa shape index (κ3) is 3.65. The minimum Gasteiger partial charge on any atom is -0.462 e. The van der Waals surface area contributed by atoms with Crippen molar-refractivity contribution in [1.82, 2.24) is 4.37 Å². The predicted octanol–water partition coefficient (Wildman–Crippen LogP) is 5.20. The smallest absolute Gasteiger partial charge is 0.459 e. The average molecular weight is 379 g/mol. The SMILES string of the molecule is CCOC(=O)c1c(-c2ccc(CC)cc2)nsc1C(F)(F)C(F)(F)F. The fourth-order valence-electron chi connectivity index (χ4n) is 2.12. The van der Waals surface area contributed by atoms with Gasteiger partial charge < -0.3 is 4.74 Å². The highest BCUT2D eigenvalue weighted by molar-refractivity contribution is 7.06. The van der Waals surface area contributed by atoms with Crippen LogP contribution in [0.5, 0.6) is 0 Å². The van der Waals surface area contributed by atoms with E-state index in [9.17, 15) is 26.7 Å². The highest BCUT2D eigenvalue weighted by Gasteiger charge is 2.61. The van der Waals surface area contributed by atoms with Crippen LogP contribution in [0.3, 0.4) is 0 Å². The minimum absolute atomic E-state index is 0.0519. The molecule has 136 valence electrons. The summed E-state index contributed by atoms with van der Waals surface area (Å²) < 4.78 is 74.2. The van der Waals surface area contributed by atoms with Gasteiger partial charge in [0.25, 0.3) is 0 Å². The summed E-state index contributed by atoms with van der Waals surface area (Å²) in [6, 6.07) is 6.41. The van der Waals surface area contributed by atoms with Gasteiger partial charge in [0.15, 0.2) is 0 Å². The summed E-state index contributed by atoms with van der Waals surface area (Å²) in [5.74, 6) is -6.46. The highest BCUT2D eigenvalue weighted by atomic mass is 32.1. The number of alkyl halides is 5. The van der Waals surface area contributed by atoms with Gasteiger partial charge in [-0.15, -0.1) is 0 Å². The number of aryl methyl sites for hydroxylation is 1. The Morgan fingerprint density at radius 3 is 2.20 bits per heavy atom. The molecule has 0 fully saturated rings. The second-order valence-electron chi connectivity index (χ2n) is 5.08. The molecule has 9 heteroatoms. The second kappa shape index (κ2) is 7.07. The molecule has 0 bridgehead atoms. The van der Waals surface area contributed by atoms with Crippen molar-refractivity contribution >= 4 is 17.5 Å². The first kappa shape index (κ1) is 19.3. The number of ether oxygens (including phenoxy) is 1. The Morgan fingerprint density at radius 2 is 1.72 bits per heavy atom. The van der Waals surface area contributed by atoms with Gasteiger partial charge in [0.05, 0.1) is 12.3 Å². The molecule has 0 aliphatic carbocycles. The van der Waals surface area contributed by atoms with Crippen LogP contribution >= 0.6 is 11.5 Å². The zero-order valence-electron chi connectivity index (χ0n) is 13.3. The molecule has 0 radical (unpaired) electrons. The summed E-state index contributed by atoms with van der Waals surface area (Å²) in [4.78, 5) is 10.6. The standard InChI is InChI=1S/C16H14F5NO2S/c1-3-9-5-7-10(8-6-9)12-11(14(23)24-4-2)13(25-22-12)15(17,18)16(19,20)21/h5-8H,3-4H2,1-2H3. The van der Waals surface area contributed by atoms with Crippen molar-refractivity contribution in [2.45, 2.75) is 32.4 Å². The molecule has 0 N–H and O–H groups in total. The number of nitrogens with zero attached hydrogens (tertiary/aromatic N) is 1. The lowest BCUT2D eigenvalue weighted by Crippen LogP contribution is -2.34. The van der Waals surface area contributed by atoms with Crippen molar-refractivity contribution in [2.75, 3.05) is 6.61 Å². The lowest BCUT2D eigenvalue weighted by atomic mass is 10.0. The maximum atomic E-state index is 13.8. The normalized spacial score (nSPS) is 12.3. The summed E-state index contributed by atoms with van der Waals surface area (Å²) in [6.07, 6.45) is -5.12. The second-order valence-corrected chi connectivity index (χ2v) is 5.85. The number of hydrogen-bond donors (Lipinski definition) is 0. The number of rotatable bonds is 5. The van der Waals surface area contributed by atoms with Crippen LogP contribution < -0.4 is 0 Å². The van der Waals surface area contributed by atoms with E-state index in [2.05, 4.69) is 9.11 Å². The number of carbonyl (C=O) groups is 1. The molecule has 1 heterocycles. The minimum atomic E-state index is -5.84. The zero-order valence-corrected chi connectivity index (χ0v) is 14.1. The van der Waals surface area contributed by atoms with E-state index in [4.69, 9.17) is 0 Å². The number of aromatic nitrogens is 1. The number of benzene rings is 1. The molecule has 25 heavy (non-hydrogen) atoms. The third-order valence-electron chi connectivity index (χ3n) is 3.45. The fraction of sp³-hybridized carbons (Fsp3) is 0.375. The van der Waals surface area contributed by atoms with Gasteiger partial charge >= 0.3 is 18.1 Å². The van der Waals surface area contributed by atoms with E-state index < -0.39 is 28.5 Å². The van der Waals surface area contributed by atoms with Crippen LogP contribution in [0.15, 0.2) is 24.3 Å². The van der Waals surface area contributed by atoms with Gasteiger partial charge in [0.1, 0.15) is 10.4 Å². The van der Waals surface area contributed by atoms with Gasteiger partial charge in [-0.3, -0.25) is 0 Å². The van der Waals surface area contributed by atoms with E-state index in [0.717, 1.165) is 12.0 Å². The maximum absolute atomic E-state index is 13.8. The summed E-state index contributed by atoms with van der Waals surface area (Å²) in [5, 5.41) is 0. The summed E-state index contributed by atoms with van der Waals surface area (Å²) in [5.41, 5.74) is 0.113. The molecule has 0 atom stereocenters. The van der Waals surface area contributed by atoms with Crippen molar-refractivity contribution in [3.8, 4) is 11.3 Å². The van der Waals surface area contributed by atoms with E-state index in [-0.39, 0.29) is 29.4 Å². The van der Waals surface area contributed by atoms with Gasteiger partial charge in [0, 0.05) is 5.56 Å². The maximum Gasteiger partial charge on any atom is 0.459 e. The van der Waals surface area contributed by atoms with Gasteiger partial charge in [-0.25, -0.2) is 4.79 Å². The van der Waals surface area contributed by atoms with Crippen LogP contribution in [0.25, 0.3) is 11.3 Å². The van der Waals surface area contributed by atoms with E-state index in [1.54, 1.807) is 12.1 Å². The molecular weight excluding hydrogens is 365 g/mol. The van der Waals surface area contributed by atoms with E-state index in [1.807, 2.05) is 6.92 Å². The monoisotopic (exact) mass is 379 g/mol.